The molecule has 0 saturated carbocycles. The number of carbonyl (C=O) groups excluding carboxylic acids is 1. The molecule has 1 amide bonds. The van der Waals surface area contributed by atoms with E-state index < -0.39 is 11.4 Å². The molecule has 20 heavy (non-hydrogen) atoms. The first-order chi connectivity index (χ1) is 9.57. The van der Waals surface area contributed by atoms with E-state index in [4.69, 9.17) is 4.74 Å². The number of amides is 1. The number of ether oxygens (including phenoxy) is 1. The van der Waals surface area contributed by atoms with Gasteiger partial charge < -0.3 is 14.7 Å². The first-order valence-electron chi connectivity index (χ1n) is 7.70. The number of likely N-dealkylation sites (tertiary alicyclic amines) is 1. The Labute approximate surface area is 120 Å². The molecular formula is C15H25NO4. The molecule has 114 valence electrons. The normalized spacial score (nSPS) is 25.6. The average Bonchev–Trinajstić information content (AvgIpc) is 2.98. The van der Waals surface area contributed by atoms with Gasteiger partial charge in [0.25, 0.3) is 0 Å². The highest BCUT2D eigenvalue weighted by atomic mass is 16.5. The fraction of sp³-hybridized carbons (Fsp3) is 0.867. The van der Waals surface area contributed by atoms with Crippen molar-refractivity contribution >= 4 is 11.9 Å². The summed E-state index contributed by atoms with van der Waals surface area (Å²) in [7, 11) is 0. The Morgan fingerprint density at radius 2 is 2.05 bits per heavy atom. The summed E-state index contributed by atoms with van der Waals surface area (Å²) in [6.45, 7) is 3.89. The van der Waals surface area contributed by atoms with E-state index in [-0.39, 0.29) is 12.0 Å². The van der Waals surface area contributed by atoms with Crippen LogP contribution < -0.4 is 0 Å². The molecule has 2 aliphatic rings. The molecule has 5 nitrogen and oxygen atoms in total. The van der Waals surface area contributed by atoms with E-state index in [2.05, 4.69) is 0 Å². The van der Waals surface area contributed by atoms with E-state index in [1.54, 1.807) is 0 Å². The van der Waals surface area contributed by atoms with Crippen molar-refractivity contribution in [1.29, 1.82) is 0 Å². The summed E-state index contributed by atoms with van der Waals surface area (Å²) in [4.78, 5) is 25.3. The highest BCUT2D eigenvalue weighted by Gasteiger charge is 2.40. The van der Waals surface area contributed by atoms with Gasteiger partial charge in [0.15, 0.2) is 0 Å². The summed E-state index contributed by atoms with van der Waals surface area (Å²) >= 11 is 0. The Bertz CT molecular complexity index is 355. The predicted molar refractivity (Wildman–Crippen MR) is 74.4 cm³/mol. The fourth-order valence-corrected chi connectivity index (χ4v) is 3.22. The lowest BCUT2D eigenvalue weighted by Crippen LogP contribution is -2.46. The van der Waals surface area contributed by atoms with E-state index in [0.717, 1.165) is 25.9 Å². The first-order valence-corrected chi connectivity index (χ1v) is 7.70. The van der Waals surface area contributed by atoms with Crippen LogP contribution in [-0.2, 0) is 14.3 Å². The number of nitrogens with zero attached hydrogens (tertiary/aromatic N) is 1. The molecule has 2 fully saturated rings. The minimum absolute atomic E-state index is 0.149. The summed E-state index contributed by atoms with van der Waals surface area (Å²) in [6, 6.07) is 0. The minimum Gasteiger partial charge on any atom is -0.481 e. The molecule has 2 rings (SSSR count). The SMILES string of the molecule is CCC1(C(=O)O)CCN(C(=O)CCC2CCCO2)CC1. The van der Waals surface area contributed by atoms with Crippen LogP contribution in [0.25, 0.3) is 0 Å². The molecule has 0 aromatic carbocycles. The molecule has 1 atom stereocenters. The number of rotatable bonds is 5. The van der Waals surface area contributed by atoms with Gasteiger partial charge in [0.1, 0.15) is 0 Å². The Hall–Kier alpha value is -1.10. The molecule has 0 bridgehead atoms. The fourth-order valence-electron chi connectivity index (χ4n) is 3.22. The van der Waals surface area contributed by atoms with Crippen LogP contribution in [0.15, 0.2) is 0 Å². The first kappa shape index (κ1) is 15.3. The van der Waals surface area contributed by atoms with Crippen molar-refractivity contribution in [2.75, 3.05) is 19.7 Å². The van der Waals surface area contributed by atoms with E-state index in [1.807, 2.05) is 11.8 Å². The molecule has 0 radical (unpaired) electrons. The number of hydrogen-bond donors (Lipinski definition) is 1. The third-order valence-corrected chi connectivity index (χ3v) is 4.91. The van der Waals surface area contributed by atoms with Gasteiger partial charge in [-0.2, -0.15) is 0 Å². The van der Waals surface area contributed by atoms with E-state index >= 15 is 0 Å². The molecule has 2 aliphatic heterocycles. The highest BCUT2D eigenvalue weighted by molar-refractivity contribution is 5.78. The molecule has 5 heteroatoms. The molecule has 0 aromatic rings. The van der Waals surface area contributed by atoms with Crippen LogP contribution in [-0.4, -0.2) is 47.7 Å². The van der Waals surface area contributed by atoms with Crippen LogP contribution in [0.5, 0.6) is 0 Å². The van der Waals surface area contributed by atoms with Crippen molar-refractivity contribution in [1.82, 2.24) is 4.90 Å². The molecule has 0 spiro atoms. The lowest BCUT2D eigenvalue weighted by Gasteiger charge is -2.38. The van der Waals surface area contributed by atoms with Gasteiger partial charge in [-0.3, -0.25) is 9.59 Å². The van der Waals surface area contributed by atoms with Crippen molar-refractivity contribution in [3.8, 4) is 0 Å². The zero-order valence-corrected chi connectivity index (χ0v) is 12.3. The van der Waals surface area contributed by atoms with E-state index in [9.17, 15) is 14.7 Å². The second-order valence-electron chi connectivity index (χ2n) is 5.99. The maximum absolute atomic E-state index is 12.1. The monoisotopic (exact) mass is 283 g/mol. The molecule has 2 heterocycles. The number of carboxylic acids is 1. The van der Waals surface area contributed by atoms with Crippen molar-refractivity contribution in [3.05, 3.63) is 0 Å². The van der Waals surface area contributed by atoms with Crippen LogP contribution in [0.3, 0.4) is 0 Å². The summed E-state index contributed by atoms with van der Waals surface area (Å²) in [5.74, 6) is -0.568. The number of piperidine rings is 1. The number of carbonyl (C=O) groups is 2. The van der Waals surface area contributed by atoms with Gasteiger partial charge in [-0.05, 0) is 38.5 Å². The molecular weight excluding hydrogens is 258 g/mol. The maximum Gasteiger partial charge on any atom is 0.309 e. The third-order valence-electron chi connectivity index (χ3n) is 4.91. The predicted octanol–water partition coefficient (Wildman–Crippen LogP) is 2.05. The maximum atomic E-state index is 12.1. The average molecular weight is 283 g/mol. The van der Waals surface area contributed by atoms with Crippen LogP contribution in [0, 0.1) is 5.41 Å². The van der Waals surface area contributed by atoms with Crippen LogP contribution in [0.1, 0.15) is 51.9 Å². The summed E-state index contributed by atoms with van der Waals surface area (Å²) in [5.41, 5.74) is -0.620. The van der Waals surface area contributed by atoms with E-state index in [0.29, 0.717) is 38.8 Å². The van der Waals surface area contributed by atoms with Gasteiger partial charge in [0, 0.05) is 26.1 Å². The van der Waals surface area contributed by atoms with Crippen molar-refractivity contribution in [2.24, 2.45) is 5.41 Å². The second kappa shape index (κ2) is 6.57. The van der Waals surface area contributed by atoms with Gasteiger partial charge in [-0.1, -0.05) is 6.92 Å². The van der Waals surface area contributed by atoms with Gasteiger partial charge in [0.05, 0.1) is 11.5 Å². The van der Waals surface area contributed by atoms with Crippen molar-refractivity contribution in [3.63, 3.8) is 0 Å². The van der Waals surface area contributed by atoms with Crippen LogP contribution in [0.4, 0.5) is 0 Å². The van der Waals surface area contributed by atoms with Crippen molar-refractivity contribution < 1.29 is 19.4 Å². The van der Waals surface area contributed by atoms with Gasteiger partial charge in [-0.15, -0.1) is 0 Å². The van der Waals surface area contributed by atoms with Crippen molar-refractivity contribution in [2.45, 2.75) is 58.0 Å². The number of carboxylic acid groups (broad SMARTS) is 1. The van der Waals surface area contributed by atoms with Gasteiger partial charge >= 0.3 is 5.97 Å². The van der Waals surface area contributed by atoms with E-state index in [1.165, 1.54) is 0 Å². The standard InChI is InChI=1S/C15H25NO4/c1-2-15(14(18)19)7-9-16(10-8-15)13(17)6-5-12-4-3-11-20-12/h12H,2-11H2,1H3,(H,18,19). The Morgan fingerprint density at radius 1 is 1.35 bits per heavy atom. The van der Waals surface area contributed by atoms with Gasteiger partial charge in [-0.25, -0.2) is 0 Å². The summed E-state index contributed by atoms with van der Waals surface area (Å²) in [5, 5.41) is 9.34. The second-order valence-corrected chi connectivity index (χ2v) is 5.99. The lowest BCUT2D eigenvalue weighted by molar-refractivity contribution is -0.154. The highest BCUT2D eigenvalue weighted by Crippen LogP contribution is 2.35. The Morgan fingerprint density at radius 3 is 2.55 bits per heavy atom. The smallest absolute Gasteiger partial charge is 0.309 e. The third kappa shape index (κ3) is 3.32. The zero-order valence-electron chi connectivity index (χ0n) is 12.3. The number of aliphatic carboxylic acids is 1. The zero-order chi connectivity index (χ0) is 14.6. The minimum atomic E-state index is -0.716. The summed E-state index contributed by atoms with van der Waals surface area (Å²) in [6.07, 6.45) is 5.52. The van der Waals surface area contributed by atoms with Gasteiger partial charge in [0.2, 0.25) is 5.91 Å². The largest absolute Gasteiger partial charge is 0.481 e. The number of hydrogen-bond acceptors (Lipinski definition) is 3. The molecule has 0 aromatic heterocycles. The van der Waals surface area contributed by atoms with Crippen LogP contribution >= 0.6 is 0 Å². The summed E-state index contributed by atoms with van der Waals surface area (Å²) < 4.78 is 5.52. The molecule has 1 N–H and O–H groups in total. The topological polar surface area (TPSA) is 66.8 Å². The van der Waals surface area contributed by atoms with Crippen LogP contribution in [0.2, 0.25) is 0 Å². The Balaban J connectivity index is 1.77. The lowest BCUT2D eigenvalue weighted by atomic mass is 9.76. The molecule has 2 saturated heterocycles. The Kier molecular flexibility index (Phi) is 5.02. The quantitative estimate of drug-likeness (QED) is 0.838. The molecule has 0 aliphatic carbocycles. The molecule has 1 unspecified atom stereocenters.